The first-order chi connectivity index (χ1) is 7.83. The largest absolute Gasteiger partial charge is 0.488 e. The normalized spacial score (nSPS) is 11.8. The third kappa shape index (κ3) is 4.12. The maximum atomic E-state index is 11.8. The summed E-state index contributed by atoms with van der Waals surface area (Å²) in [7, 11) is -5.10. The molecule has 0 bridgehead atoms. The Labute approximate surface area is 102 Å². The summed E-state index contributed by atoms with van der Waals surface area (Å²) < 4.78 is 26.0. The highest BCUT2D eigenvalue weighted by atomic mass is 32.2. The number of rotatable bonds is 5. The molecule has 0 aliphatic rings. The van der Waals surface area contributed by atoms with Crippen molar-refractivity contribution >= 4 is 22.6 Å². The number of benzene rings is 1. The Hall–Kier alpha value is -0.885. The van der Waals surface area contributed by atoms with Gasteiger partial charge < -0.3 is 10.0 Å². The fourth-order valence-corrected chi connectivity index (χ4v) is 2.39. The average Bonchev–Trinajstić information content (AvgIpc) is 2.27. The van der Waals surface area contributed by atoms with Crippen molar-refractivity contribution < 1.29 is 18.5 Å². The summed E-state index contributed by atoms with van der Waals surface area (Å²) in [5.74, 6) is 0.225. The van der Waals surface area contributed by atoms with E-state index in [4.69, 9.17) is 10.0 Å². The summed E-state index contributed by atoms with van der Waals surface area (Å²) in [5.41, 5.74) is 0.257. The van der Waals surface area contributed by atoms with Crippen molar-refractivity contribution in [2.24, 2.45) is 5.92 Å². The Morgan fingerprint density at radius 2 is 1.76 bits per heavy atom. The van der Waals surface area contributed by atoms with Gasteiger partial charge in [0, 0.05) is 6.54 Å². The molecule has 0 atom stereocenters. The summed E-state index contributed by atoms with van der Waals surface area (Å²) in [6, 6.07) is 5.43. The van der Waals surface area contributed by atoms with Gasteiger partial charge in [0.25, 0.3) is 0 Å². The molecule has 0 radical (unpaired) electrons. The van der Waals surface area contributed by atoms with E-state index in [-0.39, 0.29) is 16.3 Å². The average molecular weight is 257 g/mol. The molecule has 0 spiro atoms. The van der Waals surface area contributed by atoms with E-state index in [9.17, 15) is 8.42 Å². The van der Waals surface area contributed by atoms with Crippen molar-refractivity contribution in [3.05, 3.63) is 24.3 Å². The summed E-state index contributed by atoms with van der Waals surface area (Å²) in [5, 5.41) is 17.8. The molecule has 7 heteroatoms. The Balaban J connectivity index is 2.85. The lowest BCUT2D eigenvalue weighted by Gasteiger charge is -2.09. The lowest BCUT2D eigenvalue weighted by Crippen LogP contribution is -2.31. The fourth-order valence-electron chi connectivity index (χ4n) is 1.18. The summed E-state index contributed by atoms with van der Waals surface area (Å²) in [6.07, 6.45) is 0. The van der Waals surface area contributed by atoms with Crippen LogP contribution < -0.4 is 10.2 Å². The molecule has 1 rings (SSSR count). The van der Waals surface area contributed by atoms with Gasteiger partial charge in [-0.3, -0.25) is 0 Å². The Bertz CT molecular complexity index is 456. The van der Waals surface area contributed by atoms with Gasteiger partial charge in [-0.25, -0.2) is 13.1 Å². The monoisotopic (exact) mass is 257 g/mol. The lowest BCUT2D eigenvalue weighted by atomic mass is 9.81. The third-order valence-electron chi connectivity index (χ3n) is 2.17. The predicted octanol–water partition coefficient (Wildman–Crippen LogP) is -0.699. The van der Waals surface area contributed by atoms with Crippen LogP contribution >= 0.6 is 0 Å². The fraction of sp³-hybridized carbons (Fsp3) is 0.400. The molecule has 0 aromatic heterocycles. The van der Waals surface area contributed by atoms with Crippen LogP contribution in [0, 0.1) is 5.92 Å². The van der Waals surface area contributed by atoms with Crippen molar-refractivity contribution in [3.8, 4) is 0 Å². The van der Waals surface area contributed by atoms with Crippen LogP contribution in [0.4, 0.5) is 0 Å². The highest BCUT2D eigenvalue weighted by Crippen LogP contribution is 2.07. The molecule has 0 aliphatic heterocycles. The second kappa shape index (κ2) is 5.64. The lowest BCUT2D eigenvalue weighted by molar-refractivity contribution is 0.425. The van der Waals surface area contributed by atoms with E-state index in [1.54, 1.807) is 0 Å². The topological polar surface area (TPSA) is 86.6 Å². The minimum Gasteiger partial charge on any atom is -0.423 e. The molecule has 0 heterocycles. The first kappa shape index (κ1) is 14.2. The molecule has 3 N–H and O–H groups in total. The molecule has 5 nitrogen and oxygen atoms in total. The first-order valence-electron chi connectivity index (χ1n) is 5.28. The second-order valence-electron chi connectivity index (χ2n) is 4.19. The van der Waals surface area contributed by atoms with Gasteiger partial charge in [0.2, 0.25) is 10.0 Å². The zero-order valence-electron chi connectivity index (χ0n) is 9.79. The number of hydrogen-bond acceptors (Lipinski definition) is 4. The maximum Gasteiger partial charge on any atom is 0.488 e. The van der Waals surface area contributed by atoms with Crippen molar-refractivity contribution in [3.63, 3.8) is 0 Å². The van der Waals surface area contributed by atoms with Crippen molar-refractivity contribution in [2.75, 3.05) is 6.54 Å². The second-order valence-corrected chi connectivity index (χ2v) is 5.96. The van der Waals surface area contributed by atoms with Gasteiger partial charge in [0.15, 0.2) is 0 Å². The van der Waals surface area contributed by atoms with Crippen molar-refractivity contribution in [1.29, 1.82) is 0 Å². The van der Waals surface area contributed by atoms with Crippen molar-refractivity contribution in [1.82, 2.24) is 4.72 Å². The summed E-state index contributed by atoms with van der Waals surface area (Å²) in [6.45, 7) is 4.19. The van der Waals surface area contributed by atoms with E-state index >= 15 is 0 Å². The van der Waals surface area contributed by atoms with E-state index in [0.29, 0.717) is 6.54 Å². The highest BCUT2D eigenvalue weighted by Gasteiger charge is 2.16. The minimum atomic E-state index is -3.51. The number of hydrogen-bond donors (Lipinski definition) is 3. The molecule has 17 heavy (non-hydrogen) atoms. The number of sulfonamides is 1. The van der Waals surface area contributed by atoms with Crippen LogP contribution in [0.25, 0.3) is 0 Å². The van der Waals surface area contributed by atoms with Crippen molar-refractivity contribution in [2.45, 2.75) is 18.7 Å². The molecule has 0 saturated carbocycles. The SMILES string of the molecule is CC(C)CNS(=O)(=O)c1ccc(B(O)O)cc1. The van der Waals surface area contributed by atoms with Crippen LogP contribution in [0.5, 0.6) is 0 Å². The van der Waals surface area contributed by atoms with Crippen LogP contribution in [-0.2, 0) is 10.0 Å². The Morgan fingerprint density at radius 1 is 1.24 bits per heavy atom. The summed E-state index contributed by atoms with van der Waals surface area (Å²) in [4.78, 5) is 0.113. The van der Waals surface area contributed by atoms with Gasteiger partial charge in [-0.15, -0.1) is 0 Å². The molecular formula is C10H16BNO4S. The van der Waals surface area contributed by atoms with Crippen LogP contribution in [-0.4, -0.2) is 32.1 Å². The van der Waals surface area contributed by atoms with Gasteiger partial charge in [-0.2, -0.15) is 0 Å². The van der Waals surface area contributed by atoms with E-state index in [1.807, 2.05) is 13.8 Å². The summed E-state index contributed by atoms with van der Waals surface area (Å²) >= 11 is 0. The smallest absolute Gasteiger partial charge is 0.423 e. The third-order valence-corrected chi connectivity index (χ3v) is 3.61. The first-order valence-corrected chi connectivity index (χ1v) is 6.77. The van der Waals surface area contributed by atoms with Gasteiger partial charge in [0.05, 0.1) is 4.90 Å². The zero-order valence-corrected chi connectivity index (χ0v) is 10.6. The zero-order chi connectivity index (χ0) is 13.1. The molecule has 1 aromatic carbocycles. The van der Waals surface area contributed by atoms with E-state index < -0.39 is 17.1 Å². The molecular weight excluding hydrogens is 241 g/mol. The predicted molar refractivity (Wildman–Crippen MR) is 66.3 cm³/mol. The van der Waals surface area contributed by atoms with E-state index in [2.05, 4.69) is 4.72 Å². The number of nitrogens with one attached hydrogen (secondary N) is 1. The Kier molecular flexibility index (Phi) is 4.70. The van der Waals surface area contributed by atoms with Crippen LogP contribution in [0.15, 0.2) is 29.2 Å². The molecule has 1 aromatic rings. The van der Waals surface area contributed by atoms with E-state index in [0.717, 1.165) is 0 Å². The van der Waals surface area contributed by atoms with Gasteiger partial charge >= 0.3 is 7.12 Å². The van der Waals surface area contributed by atoms with Crippen LogP contribution in [0.3, 0.4) is 0 Å². The molecule has 0 fully saturated rings. The molecule has 0 saturated heterocycles. The molecule has 0 unspecified atom stereocenters. The Morgan fingerprint density at radius 3 is 2.18 bits per heavy atom. The quantitative estimate of drug-likeness (QED) is 0.609. The van der Waals surface area contributed by atoms with Gasteiger partial charge in [0.1, 0.15) is 0 Å². The molecule has 0 amide bonds. The van der Waals surface area contributed by atoms with Gasteiger partial charge in [-0.05, 0) is 23.5 Å². The van der Waals surface area contributed by atoms with Crippen LogP contribution in [0.1, 0.15) is 13.8 Å². The van der Waals surface area contributed by atoms with Gasteiger partial charge in [-0.1, -0.05) is 26.0 Å². The standard InChI is InChI=1S/C10H16BNO4S/c1-8(2)7-12-17(15,16)10-5-3-9(4-6-10)11(13)14/h3-6,8,12-14H,7H2,1-2H3. The molecule has 94 valence electrons. The minimum absolute atomic E-state index is 0.113. The molecule has 0 aliphatic carbocycles. The van der Waals surface area contributed by atoms with Crippen LogP contribution in [0.2, 0.25) is 0 Å². The maximum absolute atomic E-state index is 11.8. The van der Waals surface area contributed by atoms with E-state index in [1.165, 1.54) is 24.3 Å². The highest BCUT2D eigenvalue weighted by molar-refractivity contribution is 7.89.